The Morgan fingerprint density at radius 2 is 2.06 bits per heavy atom. The van der Waals surface area contributed by atoms with Crippen LogP contribution < -0.4 is 10.6 Å². The molecule has 1 atom stereocenters. The minimum absolute atomic E-state index is 0.390. The Kier molecular flexibility index (Phi) is 5.20. The highest BCUT2D eigenvalue weighted by atomic mass is 15.0. The second kappa shape index (κ2) is 6.72. The Hall–Kier alpha value is -1.70. The lowest BCUT2D eigenvalue weighted by molar-refractivity contribution is 0.597. The molecule has 2 N–H and O–H groups in total. The summed E-state index contributed by atoms with van der Waals surface area (Å²) in [5.41, 5.74) is 2.33. The van der Waals surface area contributed by atoms with Crippen LogP contribution in [-0.2, 0) is 6.42 Å². The molecule has 0 bridgehead atoms. The van der Waals surface area contributed by atoms with Crippen molar-refractivity contribution in [1.29, 1.82) is 0 Å². The number of benzene rings is 1. The average Bonchev–Trinajstić information content (AvgIpc) is 2.27. The smallest absolute Gasteiger partial charge is 0.0536 e. The van der Waals surface area contributed by atoms with E-state index in [2.05, 4.69) is 55.0 Å². The summed E-state index contributed by atoms with van der Waals surface area (Å²) in [6.07, 6.45) is 2.68. The van der Waals surface area contributed by atoms with Crippen LogP contribution in [0.1, 0.15) is 12.5 Å². The minimum Gasteiger partial charge on any atom is -0.386 e. The van der Waals surface area contributed by atoms with Crippen molar-refractivity contribution in [3.05, 3.63) is 61.0 Å². The molecule has 1 rings (SSSR count). The van der Waals surface area contributed by atoms with Crippen molar-refractivity contribution in [3.63, 3.8) is 0 Å². The zero-order valence-corrected chi connectivity index (χ0v) is 9.87. The van der Waals surface area contributed by atoms with Crippen LogP contribution in [0.4, 0.5) is 0 Å². The van der Waals surface area contributed by atoms with Gasteiger partial charge in [-0.2, -0.15) is 0 Å². The quantitative estimate of drug-likeness (QED) is 0.731. The van der Waals surface area contributed by atoms with Crippen LogP contribution in [0.2, 0.25) is 0 Å². The molecule has 0 aliphatic heterocycles. The van der Waals surface area contributed by atoms with Crippen molar-refractivity contribution < 1.29 is 0 Å². The Morgan fingerprint density at radius 3 is 2.69 bits per heavy atom. The van der Waals surface area contributed by atoms with Crippen molar-refractivity contribution in [1.82, 2.24) is 10.6 Å². The third-order valence-corrected chi connectivity index (χ3v) is 2.30. The summed E-state index contributed by atoms with van der Waals surface area (Å²) in [5, 5.41) is 6.38. The molecule has 1 aromatic rings. The first kappa shape index (κ1) is 12.4. The molecule has 0 saturated heterocycles. The molecule has 0 amide bonds. The zero-order valence-electron chi connectivity index (χ0n) is 9.87. The zero-order chi connectivity index (χ0) is 11.8. The molecular weight excluding hydrogens is 196 g/mol. The molecule has 2 nitrogen and oxygen atoms in total. The molecule has 1 unspecified atom stereocenters. The summed E-state index contributed by atoms with van der Waals surface area (Å²) >= 11 is 0. The fraction of sp³-hybridized carbons (Fsp3) is 0.286. The summed E-state index contributed by atoms with van der Waals surface area (Å²) in [6.45, 7) is 10.4. The van der Waals surface area contributed by atoms with Crippen molar-refractivity contribution in [3.8, 4) is 0 Å². The molecule has 1 aromatic carbocycles. The number of rotatable bonds is 7. The predicted octanol–water partition coefficient (Wildman–Crippen LogP) is 2.45. The van der Waals surface area contributed by atoms with Gasteiger partial charge in [0.15, 0.2) is 0 Å². The van der Waals surface area contributed by atoms with E-state index in [0.717, 1.165) is 18.7 Å². The highest BCUT2D eigenvalue weighted by molar-refractivity contribution is 5.16. The Bertz CT molecular complexity index is 330. The SMILES string of the molecule is C=CNCC(=C)NC(C)Cc1ccccc1. The van der Waals surface area contributed by atoms with Gasteiger partial charge in [0.1, 0.15) is 0 Å². The van der Waals surface area contributed by atoms with Gasteiger partial charge in [0.05, 0.1) is 6.54 Å². The fourth-order valence-electron chi connectivity index (χ4n) is 1.61. The lowest BCUT2D eigenvalue weighted by Gasteiger charge is -2.17. The van der Waals surface area contributed by atoms with Gasteiger partial charge < -0.3 is 10.6 Å². The van der Waals surface area contributed by atoms with E-state index in [0.29, 0.717) is 6.04 Å². The van der Waals surface area contributed by atoms with Crippen molar-refractivity contribution >= 4 is 0 Å². The molecule has 2 heteroatoms. The molecule has 0 radical (unpaired) electrons. The summed E-state index contributed by atoms with van der Waals surface area (Å²) in [6, 6.07) is 10.8. The van der Waals surface area contributed by atoms with Crippen molar-refractivity contribution in [2.24, 2.45) is 0 Å². The molecule has 0 spiro atoms. The average molecular weight is 216 g/mol. The molecule has 0 heterocycles. The third-order valence-electron chi connectivity index (χ3n) is 2.30. The third kappa shape index (κ3) is 4.69. The van der Waals surface area contributed by atoms with Crippen LogP contribution in [0.5, 0.6) is 0 Å². The molecular formula is C14H20N2. The molecule has 86 valence electrons. The summed E-state index contributed by atoms with van der Waals surface area (Å²) in [5.74, 6) is 0. The Morgan fingerprint density at radius 1 is 1.38 bits per heavy atom. The van der Waals surface area contributed by atoms with Crippen molar-refractivity contribution in [2.45, 2.75) is 19.4 Å². The molecule has 0 aliphatic rings. The van der Waals surface area contributed by atoms with Gasteiger partial charge in [0, 0.05) is 11.7 Å². The first-order chi connectivity index (χ1) is 7.72. The topological polar surface area (TPSA) is 24.1 Å². The number of hydrogen-bond acceptors (Lipinski definition) is 2. The summed E-state index contributed by atoms with van der Waals surface area (Å²) in [7, 11) is 0. The van der Waals surface area contributed by atoms with Crippen LogP contribution in [-0.4, -0.2) is 12.6 Å². The largest absolute Gasteiger partial charge is 0.386 e. The highest BCUT2D eigenvalue weighted by Crippen LogP contribution is 2.03. The Labute approximate surface area is 98.1 Å². The van der Waals surface area contributed by atoms with Crippen molar-refractivity contribution in [2.75, 3.05) is 6.54 Å². The van der Waals surface area contributed by atoms with Gasteiger partial charge in [-0.25, -0.2) is 0 Å². The lowest BCUT2D eigenvalue weighted by atomic mass is 10.1. The van der Waals surface area contributed by atoms with E-state index in [-0.39, 0.29) is 0 Å². The maximum Gasteiger partial charge on any atom is 0.0536 e. The molecule has 16 heavy (non-hydrogen) atoms. The fourth-order valence-corrected chi connectivity index (χ4v) is 1.61. The van der Waals surface area contributed by atoms with Gasteiger partial charge in [0.25, 0.3) is 0 Å². The molecule has 0 fully saturated rings. The molecule has 0 aromatic heterocycles. The van der Waals surface area contributed by atoms with E-state index in [1.807, 2.05) is 6.07 Å². The normalized spacial score (nSPS) is 11.6. The van der Waals surface area contributed by atoms with Crippen LogP contribution in [0.15, 0.2) is 55.4 Å². The van der Waals surface area contributed by atoms with Crippen LogP contribution in [0.25, 0.3) is 0 Å². The number of hydrogen-bond donors (Lipinski definition) is 2. The second-order valence-corrected chi connectivity index (χ2v) is 3.92. The highest BCUT2D eigenvalue weighted by Gasteiger charge is 2.03. The standard InChI is InChI=1S/C14H20N2/c1-4-15-11-13(3)16-12(2)10-14-8-6-5-7-9-14/h4-9,12,15-16H,1,3,10-11H2,2H3. The van der Waals surface area contributed by atoms with E-state index < -0.39 is 0 Å². The monoisotopic (exact) mass is 216 g/mol. The van der Waals surface area contributed by atoms with Crippen LogP contribution in [0, 0.1) is 0 Å². The summed E-state index contributed by atoms with van der Waals surface area (Å²) in [4.78, 5) is 0. The van der Waals surface area contributed by atoms with E-state index >= 15 is 0 Å². The van der Waals surface area contributed by atoms with Gasteiger partial charge >= 0.3 is 0 Å². The second-order valence-electron chi connectivity index (χ2n) is 3.92. The lowest BCUT2D eigenvalue weighted by Crippen LogP contribution is -2.30. The van der Waals surface area contributed by atoms with Crippen LogP contribution in [0.3, 0.4) is 0 Å². The van der Waals surface area contributed by atoms with E-state index in [9.17, 15) is 0 Å². The van der Waals surface area contributed by atoms with Crippen LogP contribution >= 0.6 is 0 Å². The first-order valence-corrected chi connectivity index (χ1v) is 5.55. The van der Waals surface area contributed by atoms with Gasteiger partial charge in [-0.15, -0.1) is 0 Å². The first-order valence-electron chi connectivity index (χ1n) is 5.55. The van der Waals surface area contributed by atoms with E-state index in [1.54, 1.807) is 6.20 Å². The molecule has 0 aliphatic carbocycles. The van der Waals surface area contributed by atoms with E-state index in [1.165, 1.54) is 5.56 Å². The Balaban J connectivity index is 2.33. The van der Waals surface area contributed by atoms with Gasteiger partial charge in [-0.3, -0.25) is 0 Å². The van der Waals surface area contributed by atoms with Gasteiger partial charge in [0.2, 0.25) is 0 Å². The number of nitrogens with one attached hydrogen (secondary N) is 2. The maximum atomic E-state index is 3.95. The van der Waals surface area contributed by atoms with Gasteiger partial charge in [-0.05, 0) is 25.1 Å². The summed E-state index contributed by atoms with van der Waals surface area (Å²) < 4.78 is 0. The predicted molar refractivity (Wildman–Crippen MR) is 70.1 cm³/mol. The molecule has 0 saturated carbocycles. The van der Waals surface area contributed by atoms with E-state index in [4.69, 9.17) is 0 Å². The minimum atomic E-state index is 0.390. The van der Waals surface area contributed by atoms with Gasteiger partial charge in [-0.1, -0.05) is 43.5 Å². The maximum absolute atomic E-state index is 3.95.